The summed E-state index contributed by atoms with van der Waals surface area (Å²) >= 11 is 0. The van der Waals surface area contributed by atoms with E-state index < -0.39 is 7.12 Å². The lowest BCUT2D eigenvalue weighted by atomic mass is 9.76. The summed E-state index contributed by atoms with van der Waals surface area (Å²) in [7, 11) is -1.97. The van der Waals surface area contributed by atoms with Gasteiger partial charge in [-0.25, -0.2) is 0 Å². The Bertz CT molecular complexity index is 1460. The zero-order valence-electron chi connectivity index (χ0n) is 37.1. The molecule has 0 spiro atoms. The highest BCUT2D eigenvalue weighted by Gasteiger charge is 2.25. The topological polar surface area (TPSA) is 46.1 Å². The molecule has 0 N–H and O–H groups in total. The molecule has 308 valence electrons. The van der Waals surface area contributed by atoms with Crippen molar-refractivity contribution in [3.05, 3.63) is 66.7 Å². The highest BCUT2D eigenvalue weighted by molar-refractivity contribution is 6.60. The van der Waals surface area contributed by atoms with Crippen molar-refractivity contribution in [2.75, 3.05) is 52.4 Å². The van der Waals surface area contributed by atoms with Crippen molar-refractivity contribution in [2.24, 2.45) is 0 Å². The normalized spacial score (nSPS) is 11.7. The first-order valence-electron chi connectivity index (χ1n) is 23.1. The average Bonchev–Trinajstić information content (AvgIpc) is 3.22. The maximum atomic E-state index is 11.5. The summed E-state index contributed by atoms with van der Waals surface area (Å²) < 4.78 is 2.84. The highest BCUT2D eigenvalue weighted by Crippen LogP contribution is 2.28. The van der Waals surface area contributed by atoms with E-state index in [-0.39, 0.29) is 0 Å². The summed E-state index contributed by atoms with van der Waals surface area (Å²) in [5, 5.41) is 29.0. The maximum Gasteiger partial charge on any atom is 0.0786 e. The summed E-state index contributed by atoms with van der Waals surface area (Å²) in [6.07, 6.45) is 22.1. The number of rotatable bonds is 25. The first-order chi connectivity index (χ1) is 26.7. The zero-order chi connectivity index (χ0) is 40.4. The maximum absolute atomic E-state index is 11.5. The lowest BCUT2D eigenvalue weighted by Gasteiger charge is -2.39. The summed E-state index contributed by atoms with van der Waals surface area (Å²) in [6.45, 7) is 30.0. The molecule has 0 aliphatic heterocycles. The number of hydrogen-bond donors (Lipinski definition) is 0. The van der Waals surface area contributed by atoms with E-state index in [9.17, 15) is 10.0 Å². The average molecular weight is 755 g/mol. The van der Waals surface area contributed by atoms with E-state index in [1.165, 1.54) is 164 Å². The summed E-state index contributed by atoms with van der Waals surface area (Å²) in [6, 6.07) is 21.6. The van der Waals surface area contributed by atoms with E-state index in [0.717, 1.165) is 32.3 Å². The van der Waals surface area contributed by atoms with Gasteiger partial charge in [0.15, 0.2) is 0 Å². The molecule has 0 aliphatic rings. The van der Waals surface area contributed by atoms with Crippen LogP contribution in [0.5, 0.6) is 0 Å². The molecule has 4 rings (SSSR count). The minimum Gasteiger partial charge on any atom is -0.889 e. The van der Waals surface area contributed by atoms with Crippen LogP contribution in [0.2, 0.25) is 0 Å². The van der Waals surface area contributed by atoms with E-state index in [1.807, 2.05) is 36.4 Å². The summed E-state index contributed by atoms with van der Waals surface area (Å²) in [5.41, 5.74) is 0.327. The van der Waals surface area contributed by atoms with Gasteiger partial charge in [0.2, 0.25) is 0 Å². The highest BCUT2D eigenvalue weighted by atomic mass is 16.4. The van der Waals surface area contributed by atoms with Crippen molar-refractivity contribution in [1.82, 2.24) is 0 Å². The summed E-state index contributed by atoms with van der Waals surface area (Å²) in [4.78, 5) is 0. The van der Waals surface area contributed by atoms with Crippen LogP contribution < -0.4 is 15.5 Å². The van der Waals surface area contributed by atoms with Crippen molar-refractivity contribution in [1.29, 1.82) is 0 Å². The van der Waals surface area contributed by atoms with E-state index >= 15 is 0 Å². The number of unbranched alkanes of at least 4 members (excludes halogenated alkanes) is 8. The summed E-state index contributed by atoms with van der Waals surface area (Å²) in [5.74, 6) is 0. The number of benzene rings is 4. The van der Waals surface area contributed by atoms with Crippen LogP contribution in [0.3, 0.4) is 0 Å². The zero-order valence-corrected chi connectivity index (χ0v) is 37.1. The molecule has 0 fully saturated rings. The van der Waals surface area contributed by atoms with Crippen molar-refractivity contribution >= 4 is 44.9 Å². The Labute approximate surface area is 340 Å². The Kier molecular flexibility index (Phi) is 24.8. The van der Waals surface area contributed by atoms with Gasteiger partial charge in [-0.1, -0.05) is 168 Å². The van der Waals surface area contributed by atoms with Gasteiger partial charge in [-0.3, -0.25) is 0 Å². The molecule has 4 nitrogen and oxygen atoms in total. The van der Waals surface area contributed by atoms with Gasteiger partial charge in [-0.2, -0.15) is 0 Å². The number of quaternary nitrogens is 2. The van der Waals surface area contributed by atoms with Crippen molar-refractivity contribution in [3.63, 3.8) is 0 Å². The SMILES string of the molecule is CCCC[N+](CCCC)(CCCC)CCCC.CCCC[N+](CCCC)(CCCC)CCCC.[O-]B([O-])c1cccc2ccc3cc4ccccc4cc3c12. The molecule has 0 amide bonds. The van der Waals surface area contributed by atoms with Crippen LogP contribution in [0, 0.1) is 0 Å². The molecule has 4 aromatic carbocycles. The van der Waals surface area contributed by atoms with Gasteiger partial charge < -0.3 is 19.0 Å². The minimum absolute atomic E-state index is 0.327. The second-order valence-corrected chi connectivity index (χ2v) is 16.6. The fraction of sp³-hybridized carbons (Fsp3) is 0.640. The van der Waals surface area contributed by atoms with Gasteiger partial charge >= 0.3 is 0 Å². The van der Waals surface area contributed by atoms with Crippen LogP contribution in [-0.2, 0) is 0 Å². The van der Waals surface area contributed by atoms with Crippen LogP contribution in [-0.4, -0.2) is 68.4 Å². The van der Waals surface area contributed by atoms with E-state index in [1.54, 1.807) is 12.1 Å². The lowest BCUT2D eigenvalue weighted by molar-refractivity contribution is -0.929. The Hall–Kier alpha value is -2.44. The van der Waals surface area contributed by atoms with Gasteiger partial charge in [0.05, 0.1) is 52.4 Å². The number of nitrogens with zero attached hydrogens (tertiary/aromatic N) is 2. The largest absolute Gasteiger partial charge is 0.889 e. The predicted molar refractivity (Wildman–Crippen MR) is 243 cm³/mol. The fourth-order valence-corrected chi connectivity index (χ4v) is 8.32. The van der Waals surface area contributed by atoms with Crippen LogP contribution in [0.25, 0.3) is 32.3 Å². The third kappa shape index (κ3) is 16.5. The first-order valence-corrected chi connectivity index (χ1v) is 23.1. The number of hydrogen-bond acceptors (Lipinski definition) is 2. The quantitative estimate of drug-likeness (QED) is 0.0293. The van der Waals surface area contributed by atoms with E-state index in [0.29, 0.717) is 5.46 Å². The van der Waals surface area contributed by atoms with E-state index in [4.69, 9.17) is 0 Å². The molecule has 0 aliphatic carbocycles. The molecule has 0 saturated heterocycles. The third-order valence-electron chi connectivity index (χ3n) is 11.9. The van der Waals surface area contributed by atoms with Crippen molar-refractivity contribution in [3.8, 4) is 0 Å². The first kappa shape index (κ1) is 48.7. The monoisotopic (exact) mass is 755 g/mol. The Morgan fingerprint density at radius 1 is 0.382 bits per heavy atom. The molecular formula is C50H83BN2O2. The number of fused-ring (bicyclic) bond motifs is 4. The Morgan fingerprint density at radius 2 is 0.709 bits per heavy atom. The van der Waals surface area contributed by atoms with Gasteiger partial charge in [-0.15, -0.1) is 5.46 Å². The molecule has 4 aromatic rings. The van der Waals surface area contributed by atoms with Crippen LogP contribution >= 0.6 is 0 Å². The second-order valence-electron chi connectivity index (χ2n) is 16.6. The minimum atomic E-state index is -1.97. The molecule has 55 heavy (non-hydrogen) atoms. The molecule has 0 atom stereocenters. The lowest BCUT2D eigenvalue weighted by Crippen LogP contribution is -2.55. The predicted octanol–water partition coefficient (Wildman–Crippen LogP) is 11.6. The molecule has 0 unspecified atom stereocenters. The second kappa shape index (κ2) is 28.0. The third-order valence-corrected chi connectivity index (χ3v) is 11.9. The standard InChI is InChI=1S/C18H11BO2.2C16H36N/c20-19(21)17-7-3-6-12-8-9-15-10-13-4-1-2-5-14(13)11-16(15)18(12)17;2*1-5-9-13-17(14-10-6-2,15-11-7-3)16-12-8-4/h1-11H;2*5-16H2,1-4H3/q-2;2*+1. The van der Waals surface area contributed by atoms with Crippen molar-refractivity contribution < 1.29 is 19.0 Å². The Balaban J connectivity index is 0.000000289. The van der Waals surface area contributed by atoms with Crippen LogP contribution in [0.1, 0.15) is 158 Å². The van der Waals surface area contributed by atoms with Gasteiger partial charge in [0, 0.05) is 0 Å². The molecular weight excluding hydrogens is 671 g/mol. The van der Waals surface area contributed by atoms with Gasteiger partial charge in [0.1, 0.15) is 0 Å². The molecule has 0 saturated carbocycles. The van der Waals surface area contributed by atoms with E-state index in [2.05, 4.69) is 73.6 Å². The fourth-order valence-electron chi connectivity index (χ4n) is 8.32. The molecule has 0 aromatic heterocycles. The molecule has 0 radical (unpaired) electrons. The van der Waals surface area contributed by atoms with Crippen LogP contribution in [0.15, 0.2) is 66.7 Å². The van der Waals surface area contributed by atoms with Gasteiger partial charge in [-0.05, 0) is 95.8 Å². The van der Waals surface area contributed by atoms with Crippen molar-refractivity contribution in [2.45, 2.75) is 158 Å². The van der Waals surface area contributed by atoms with Gasteiger partial charge in [0.25, 0.3) is 0 Å². The molecule has 0 bridgehead atoms. The van der Waals surface area contributed by atoms with Crippen LogP contribution in [0.4, 0.5) is 0 Å². The molecule has 5 heteroatoms. The Morgan fingerprint density at radius 3 is 1.05 bits per heavy atom. The molecule has 0 heterocycles. The smallest absolute Gasteiger partial charge is 0.0786 e.